The Morgan fingerprint density at radius 3 is 2.75 bits per heavy atom. The number of ether oxygens (including phenoxy) is 1. The van der Waals surface area contributed by atoms with E-state index >= 15 is 0 Å². The largest absolute Gasteiger partial charge is 0.480 e. The zero-order chi connectivity index (χ0) is 12.3. The molecule has 1 atom stereocenters. The molecule has 0 aromatic heterocycles. The molecule has 0 radical (unpaired) electrons. The van der Waals surface area contributed by atoms with Crippen LogP contribution in [0.25, 0.3) is 0 Å². The zero-order valence-corrected chi connectivity index (χ0v) is 9.19. The molecule has 4 N–H and O–H groups in total. The summed E-state index contributed by atoms with van der Waals surface area (Å²) < 4.78 is 4.99. The van der Waals surface area contributed by atoms with E-state index in [0.29, 0.717) is 6.42 Å². The molecule has 1 aliphatic rings. The van der Waals surface area contributed by atoms with E-state index in [-0.39, 0.29) is 18.3 Å². The van der Waals surface area contributed by atoms with Crippen LogP contribution in [-0.4, -0.2) is 41.7 Å². The quantitative estimate of drug-likeness (QED) is 0.572. The molecule has 0 spiro atoms. The first-order valence-corrected chi connectivity index (χ1v) is 4.87. The van der Waals surface area contributed by atoms with Gasteiger partial charge >= 0.3 is 5.97 Å². The number of carbonyl (C=O) groups excluding carboxylic acids is 1. The highest BCUT2D eigenvalue weighted by Gasteiger charge is 2.35. The van der Waals surface area contributed by atoms with E-state index in [4.69, 9.17) is 15.6 Å². The lowest BCUT2D eigenvalue weighted by Gasteiger charge is -2.24. The number of aliphatic carboxylic acids is 1. The van der Waals surface area contributed by atoms with Gasteiger partial charge in [0.05, 0.1) is 0 Å². The van der Waals surface area contributed by atoms with Gasteiger partial charge in [0, 0.05) is 7.05 Å². The molecule has 1 heterocycles. The lowest BCUT2D eigenvalue weighted by Crippen LogP contribution is -2.42. The Balaban J connectivity index is 2.98. The SMILES string of the molecule is CCC(C(=O)O)N1COC(N)=C1C(=O)NC. The average Bonchev–Trinajstić information content (AvgIpc) is 2.60. The number of carboxylic acids is 1. The van der Waals surface area contributed by atoms with Crippen molar-refractivity contribution < 1.29 is 19.4 Å². The van der Waals surface area contributed by atoms with Gasteiger partial charge in [0.2, 0.25) is 5.88 Å². The van der Waals surface area contributed by atoms with Crippen molar-refractivity contribution in [1.29, 1.82) is 0 Å². The summed E-state index contributed by atoms with van der Waals surface area (Å²) in [6, 6.07) is -0.812. The molecule has 0 bridgehead atoms. The molecule has 1 amide bonds. The van der Waals surface area contributed by atoms with Crippen molar-refractivity contribution in [1.82, 2.24) is 10.2 Å². The zero-order valence-electron chi connectivity index (χ0n) is 9.19. The average molecular weight is 229 g/mol. The molecule has 1 unspecified atom stereocenters. The second-order valence-corrected chi connectivity index (χ2v) is 3.30. The van der Waals surface area contributed by atoms with Crippen LogP contribution in [-0.2, 0) is 14.3 Å². The Kier molecular flexibility index (Phi) is 3.60. The van der Waals surface area contributed by atoms with Crippen LogP contribution in [0.5, 0.6) is 0 Å². The van der Waals surface area contributed by atoms with Crippen LogP contribution in [0.15, 0.2) is 11.6 Å². The van der Waals surface area contributed by atoms with E-state index in [1.807, 2.05) is 0 Å². The van der Waals surface area contributed by atoms with Crippen LogP contribution in [0.1, 0.15) is 13.3 Å². The third-order valence-electron chi connectivity index (χ3n) is 2.37. The molecule has 0 fully saturated rings. The van der Waals surface area contributed by atoms with Gasteiger partial charge in [-0.05, 0) is 6.42 Å². The maximum atomic E-state index is 11.5. The number of likely N-dealkylation sites (N-methyl/N-ethyl adjacent to an activating group) is 1. The van der Waals surface area contributed by atoms with Gasteiger partial charge in [-0.3, -0.25) is 4.79 Å². The molecule has 0 saturated carbocycles. The number of carboxylic acid groups (broad SMARTS) is 1. The summed E-state index contributed by atoms with van der Waals surface area (Å²) in [6.07, 6.45) is 0.354. The fourth-order valence-corrected chi connectivity index (χ4v) is 1.55. The van der Waals surface area contributed by atoms with Crippen molar-refractivity contribution in [2.45, 2.75) is 19.4 Å². The Labute approximate surface area is 92.8 Å². The topological polar surface area (TPSA) is 105 Å². The van der Waals surface area contributed by atoms with Crippen LogP contribution in [0.4, 0.5) is 0 Å². The highest BCUT2D eigenvalue weighted by atomic mass is 16.5. The van der Waals surface area contributed by atoms with Crippen LogP contribution >= 0.6 is 0 Å². The molecule has 7 heteroatoms. The number of hydrogen-bond acceptors (Lipinski definition) is 5. The molecule has 0 saturated heterocycles. The molecular formula is C9H15N3O4. The summed E-state index contributed by atoms with van der Waals surface area (Å²) in [6.45, 7) is 1.70. The Bertz CT molecular complexity index is 340. The summed E-state index contributed by atoms with van der Waals surface area (Å²) in [5.74, 6) is -1.50. The normalized spacial score (nSPS) is 17.0. The molecule has 0 aliphatic carbocycles. The minimum absolute atomic E-state index is 0.0145. The number of nitrogens with two attached hydrogens (primary N) is 1. The first kappa shape index (κ1) is 12.2. The van der Waals surface area contributed by atoms with E-state index in [1.165, 1.54) is 11.9 Å². The maximum Gasteiger partial charge on any atom is 0.326 e. The van der Waals surface area contributed by atoms with Crippen molar-refractivity contribution in [3.8, 4) is 0 Å². The molecule has 0 aromatic rings. The highest BCUT2D eigenvalue weighted by molar-refractivity contribution is 5.94. The number of nitrogens with zero attached hydrogens (tertiary/aromatic N) is 1. The molecular weight excluding hydrogens is 214 g/mol. The molecule has 1 rings (SSSR count). The summed E-state index contributed by atoms with van der Waals surface area (Å²) in [4.78, 5) is 23.8. The van der Waals surface area contributed by atoms with Crippen molar-refractivity contribution in [3.05, 3.63) is 11.6 Å². The molecule has 16 heavy (non-hydrogen) atoms. The second kappa shape index (κ2) is 4.73. The van der Waals surface area contributed by atoms with Crippen LogP contribution < -0.4 is 11.1 Å². The van der Waals surface area contributed by atoms with E-state index < -0.39 is 17.9 Å². The Morgan fingerprint density at radius 2 is 2.31 bits per heavy atom. The van der Waals surface area contributed by atoms with Crippen LogP contribution in [0.2, 0.25) is 0 Å². The van der Waals surface area contributed by atoms with Crippen molar-refractivity contribution in [2.24, 2.45) is 5.73 Å². The van der Waals surface area contributed by atoms with Gasteiger partial charge in [0.25, 0.3) is 5.91 Å². The molecule has 7 nitrogen and oxygen atoms in total. The summed E-state index contributed by atoms with van der Waals surface area (Å²) in [7, 11) is 1.45. The lowest BCUT2D eigenvalue weighted by atomic mass is 10.2. The minimum atomic E-state index is -1.01. The van der Waals surface area contributed by atoms with E-state index in [0.717, 1.165) is 0 Å². The lowest BCUT2D eigenvalue weighted by molar-refractivity contribution is -0.143. The molecule has 1 aliphatic heterocycles. The van der Waals surface area contributed by atoms with Crippen molar-refractivity contribution >= 4 is 11.9 Å². The second-order valence-electron chi connectivity index (χ2n) is 3.30. The minimum Gasteiger partial charge on any atom is -0.480 e. The fraction of sp³-hybridized carbons (Fsp3) is 0.556. The predicted octanol–water partition coefficient (Wildman–Crippen LogP) is -0.987. The Morgan fingerprint density at radius 1 is 1.69 bits per heavy atom. The number of hydrogen-bond donors (Lipinski definition) is 3. The van der Waals surface area contributed by atoms with Gasteiger partial charge in [-0.2, -0.15) is 0 Å². The number of carbonyl (C=O) groups is 2. The maximum absolute atomic E-state index is 11.5. The Hall–Kier alpha value is -1.92. The van der Waals surface area contributed by atoms with E-state index in [9.17, 15) is 9.59 Å². The van der Waals surface area contributed by atoms with Crippen molar-refractivity contribution in [3.63, 3.8) is 0 Å². The van der Waals surface area contributed by atoms with Gasteiger partial charge in [0.15, 0.2) is 12.4 Å². The third kappa shape index (κ3) is 2.02. The van der Waals surface area contributed by atoms with Gasteiger partial charge in [0.1, 0.15) is 6.04 Å². The predicted molar refractivity (Wildman–Crippen MR) is 54.8 cm³/mol. The number of nitrogens with one attached hydrogen (secondary N) is 1. The first-order valence-electron chi connectivity index (χ1n) is 4.87. The first-order chi connectivity index (χ1) is 7.52. The summed E-state index contributed by atoms with van der Waals surface area (Å²) in [5, 5.41) is 11.4. The standard InChI is InChI=1S/C9H15N3O4/c1-3-5(9(14)15)12-4-16-7(10)6(12)8(13)11-2/h5H,3-4,10H2,1-2H3,(H,11,13)(H,14,15). The molecule has 90 valence electrons. The third-order valence-corrected chi connectivity index (χ3v) is 2.37. The van der Waals surface area contributed by atoms with Gasteiger partial charge in [-0.25, -0.2) is 4.79 Å². The van der Waals surface area contributed by atoms with Gasteiger partial charge in [-0.1, -0.05) is 6.92 Å². The van der Waals surface area contributed by atoms with E-state index in [2.05, 4.69) is 5.32 Å². The number of rotatable bonds is 4. The smallest absolute Gasteiger partial charge is 0.326 e. The van der Waals surface area contributed by atoms with Crippen LogP contribution in [0.3, 0.4) is 0 Å². The summed E-state index contributed by atoms with van der Waals surface area (Å²) >= 11 is 0. The molecule has 0 aromatic carbocycles. The number of amides is 1. The van der Waals surface area contributed by atoms with E-state index in [1.54, 1.807) is 6.92 Å². The van der Waals surface area contributed by atoms with Crippen LogP contribution in [0, 0.1) is 0 Å². The fourth-order valence-electron chi connectivity index (χ4n) is 1.55. The summed E-state index contributed by atoms with van der Waals surface area (Å²) in [5.41, 5.74) is 5.58. The van der Waals surface area contributed by atoms with Gasteiger partial charge in [-0.15, -0.1) is 0 Å². The highest BCUT2D eigenvalue weighted by Crippen LogP contribution is 2.21. The van der Waals surface area contributed by atoms with Crippen molar-refractivity contribution in [2.75, 3.05) is 13.8 Å². The monoisotopic (exact) mass is 229 g/mol. The van der Waals surface area contributed by atoms with Gasteiger partial charge < -0.3 is 25.8 Å².